The van der Waals surface area contributed by atoms with Crippen molar-refractivity contribution in [2.45, 2.75) is 40.0 Å². The Kier molecular flexibility index (Phi) is 6.39. The van der Waals surface area contributed by atoms with Crippen molar-refractivity contribution < 1.29 is 24.2 Å². The smallest absolute Gasteiger partial charge is 0.309 e. The van der Waals surface area contributed by atoms with E-state index >= 15 is 0 Å². The van der Waals surface area contributed by atoms with Crippen LogP contribution in [0.15, 0.2) is 30.3 Å². The van der Waals surface area contributed by atoms with Crippen LogP contribution in [0, 0.1) is 6.92 Å². The van der Waals surface area contributed by atoms with Crippen LogP contribution >= 0.6 is 0 Å². The number of Topliss-reactive ketones (excluding diaryl/α,β-unsaturated/α-hetero) is 1. The number of phenols is 1. The SMILES string of the molecule is CCCc1c(Oc2cccc(CC(=O)OC)c2C)ccc(C(C)=O)c1O. The Labute approximate surface area is 153 Å². The predicted octanol–water partition coefficient (Wildman–Crippen LogP) is 4.36. The third kappa shape index (κ3) is 4.23. The first kappa shape index (κ1) is 19.5. The van der Waals surface area contributed by atoms with Gasteiger partial charge in [-0.3, -0.25) is 9.59 Å². The Hall–Kier alpha value is -2.82. The number of methoxy groups -OCH3 is 1. The van der Waals surface area contributed by atoms with Gasteiger partial charge in [0, 0.05) is 5.56 Å². The molecule has 0 aromatic heterocycles. The Morgan fingerprint density at radius 2 is 1.85 bits per heavy atom. The topological polar surface area (TPSA) is 72.8 Å². The Bertz CT molecular complexity index is 823. The molecule has 0 spiro atoms. The molecule has 138 valence electrons. The van der Waals surface area contributed by atoms with E-state index in [2.05, 4.69) is 0 Å². The Balaban J connectivity index is 2.42. The number of benzene rings is 2. The minimum Gasteiger partial charge on any atom is -0.507 e. The molecule has 0 unspecified atom stereocenters. The lowest BCUT2D eigenvalue weighted by Gasteiger charge is -2.17. The van der Waals surface area contributed by atoms with E-state index in [0.717, 1.165) is 17.5 Å². The normalized spacial score (nSPS) is 10.5. The summed E-state index contributed by atoms with van der Waals surface area (Å²) in [5, 5.41) is 10.5. The first-order valence-corrected chi connectivity index (χ1v) is 8.57. The fourth-order valence-electron chi connectivity index (χ4n) is 2.80. The van der Waals surface area contributed by atoms with Crippen molar-refractivity contribution in [3.8, 4) is 17.2 Å². The summed E-state index contributed by atoms with van der Waals surface area (Å²) in [5.74, 6) is 0.564. The maximum Gasteiger partial charge on any atom is 0.309 e. The van der Waals surface area contributed by atoms with Crippen molar-refractivity contribution in [1.82, 2.24) is 0 Å². The lowest BCUT2D eigenvalue weighted by Crippen LogP contribution is -2.06. The highest BCUT2D eigenvalue weighted by Crippen LogP contribution is 2.37. The van der Waals surface area contributed by atoms with Gasteiger partial charge in [0.1, 0.15) is 17.2 Å². The van der Waals surface area contributed by atoms with Crippen molar-refractivity contribution in [3.05, 3.63) is 52.6 Å². The van der Waals surface area contributed by atoms with E-state index in [1.165, 1.54) is 14.0 Å². The van der Waals surface area contributed by atoms with Gasteiger partial charge in [-0.15, -0.1) is 0 Å². The van der Waals surface area contributed by atoms with E-state index in [0.29, 0.717) is 23.5 Å². The maximum absolute atomic E-state index is 11.7. The Morgan fingerprint density at radius 3 is 2.46 bits per heavy atom. The number of esters is 1. The summed E-state index contributed by atoms with van der Waals surface area (Å²) in [7, 11) is 1.36. The van der Waals surface area contributed by atoms with E-state index < -0.39 is 0 Å². The molecule has 0 bridgehead atoms. The van der Waals surface area contributed by atoms with Gasteiger partial charge in [-0.1, -0.05) is 25.5 Å². The molecule has 0 aliphatic heterocycles. The summed E-state index contributed by atoms with van der Waals surface area (Å²) in [5.41, 5.74) is 2.54. The highest BCUT2D eigenvalue weighted by atomic mass is 16.5. The molecule has 2 aromatic carbocycles. The summed E-state index contributed by atoms with van der Waals surface area (Å²) in [6.07, 6.45) is 1.55. The van der Waals surface area contributed by atoms with Gasteiger partial charge in [0.05, 0.1) is 19.1 Å². The number of carbonyl (C=O) groups excluding carboxylic acids is 2. The highest BCUT2D eigenvalue weighted by molar-refractivity contribution is 5.97. The molecule has 0 amide bonds. The molecule has 0 saturated carbocycles. The van der Waals surface area contributed by atoms with Crippen LogP contribution in [0.2, 0.25) is 0 Å². The second-order valence-corrected chi connectivity index (χ2v) is 6.14. The molecule has 0 radical (unpaired) electrons. The molecule has 0 aliphatic rings. The van der Waals surface area contributed by atoms with E-state index in [9.17, 15) is 14.7 Å². The minimum atomic E-state index is -0.319. The van der Waals surface area contributed by atoms with Crippen LogP contribution in [0.1, 0.15) is 47.3 Å². The molecule has 0 aliphatic carbocycles. The van der Waals surface area contributed by atoms with Crippen molar-refractivity contribution in [2.24, 2.45) is 0 Å². The van der Waals surface area contributed by atoms with Gasteiger partial charge in [0.2, 0.25) is 0 Å². The second-order valence-electron chi connectivity index (χ2n) is 6.14. The first-order valence-electron chi connectivity index (χ1n) is 8.57. The fraction of sp³-hybridized carbons (Fsp3) is 0.333. The molecule has 0 heterocycles. The molecule has 2 rings (SSSR count). The van der Waals surface area contributed by atoms with Crippen molar-refractivity contribution in [1.29, 1.82) is 0 Å². The average Bonchev–Trinajstić information content (AvgIpc) is 2.61. The van der Waals surface area contributed by atoms with Gasteiger partial charge in [0.25, 0.3) is 0 Å². The molecule has 5 heteroatoms. The molecule has 5 nitrogen and oxygen atoms in total. The van der Waals surface area contributed by atoms with Gasteiger partial charge in [0.15, 0.2) is 5.78 Å². The third-order valence-electron chi connectivity index (χ3n) is 4.30. The Morgan fingerprint density at radius 1 is 1.12 bits per heavy atom. The minimum absolute atomic E-state index is 0.0276. The van der Waals surface area contributed by atoms with Crippen LogP contribution in [0.4, 0.5) is 0 Å². The summed E-state index contributed by atoms with van der Waals surface area (Å²) >= 11 is 0. The van der Waals surface area contributed by atoms with Gasteiger partial charge in [-0.2, -0.15) is 0 Å². The number of ketones is 1. The lowest BCUT2D eigenvalue weighted by molar-refractivity contribution is -0.139. The maximum atomic E-state index is 11.7. The second kappa shape index (κ2) is 8.52. The monoisotopic (exact) mass is 356 g/mol. The van der Waals surface area contributed by atoms with Gasteiger partial charge in [-0.25, -0.2) is 0 Å². The highest BCUT2D eigenvalue weighted by Gasteiger charge is 2.17. The summed E-state index contributed by atoms with van der Waals surface area (Å²) in [4.78, 5) is 23.2. The van der Waals surface area contributed by atoms with Crippen LogP contribution in [-0.2, 0) is 22.4 Å². The van der Waals surface area contributed by atoms with Crippen LogP contribution in [0.3, 0.4) is 0 Å². The zero-order valence-electron chi connectivity index (χ0n) is 15.6. The van der Waals surface area contributed by atoms with E-state index in [4.69, 9.17) is 9.47 Å². The molecule has 0 saturated heterocycles. The average molecular weight is 356 g/mol. The molecular weight excluding hydrogens is 332 g/mol. The fourth-order valence-corrected chi connectivity index (χ4v) is 2.80. The number of phenolic OH excluding ortho intramolecular Hbond substituents is 1. The number of ether oxygens (including phenoxy) is 2. The molecule has 1 N–H and O–H groups in total. The van der Waals surface area contributed by atoms with Crippen molar-refractivity contribution in [2.75, 3.05) is 7.11 Å². The molecule has 0 fully saturated rings. The zero-order valence-corrected chi connectivity index (χ0v) is 15.6. The van der Waals surface area contributed by atoms with Crippen LogP contribution in [0.5, 0.6) is 17.2 Å². The number of hydrogen-bond acceptors (Lipinski definition) is 5. The summed E-state index contributed by atoms with van der Waals surface area (Å²) in [6, 6.07) is 8.74. The van der Waals surface area contributed by atoms with Crippen molar-refractivity contribution >= 4 is 11.8 Å². The predicted molar refractivity (Wildman–Crippen MR) is 99.1 cm³/mol. The van der Waals surface area contributed by atoms with Gasteiger partial charge >= 0.3 is 5.97 Å². The number of rotatable bonds is 7. The van der Waals surface area contributed by atoms with Crippen molar-refractivity contribution in [3.63, 3.8) is 0 Å². The van der Waals surface area contributed by atoms with E-state index in [1.807, 2.05) is 32.0 Å². The summed E-state index contributed by atoms with van der Waals surface area (Å²) < 4.78 is 10.8. The zero-order chi connectivity index (χ0) is 19.3. The van der Waals surface area contributed by atoms with Crippen LogP contribution < -0.4 is 4.74 Å². The van der Waals surface area contributed by atoms with Gasteiger partial charge < -0.3 is 14.6 Å². The van der Waals surface area contributed by atoms with E-state index in [1.54, 1.807) is 12.1 Å². The number of hydrogen-bond donors (Lipinski definition) is 1. The van der Waals surface area contributed by atoms with Crippen LogP contribution in [0.25, 0.3) is 0 Å². The molecular formula is C21H24O5. The van der Waals surface area contributed by atoms with Crippen LogP contribution in [-0.4, -0.2) is 24.0 Å². The quantitative estimate of drug-likeness (QED) is 0.589. The number of carbonyl (C=O) groups is 2. The molecule has 0 atom stereocenters. The van der Waals surface area contributed by atoms with E-state index in [-0.39, 0.29) is 29.5 Å². The largest absolute Gasteiger partial charge is 0.507 e. The molecule has 2 aromatic rings. The van der Waals surface area contributed by atoms with Gasteiger partial charge in [-0.05, 0) is 49.6 Å². The molecule has 26 heavy (non-hydrogen) atoms. The standard InChI is InChI=1S/C21H24O5/c1-5-7-17-19(11-10-16(14(3)22)21(17)24)26-18-9-6-8-15(13(18)2)12-20(23)25-4/h6,8-11,24H,5,7,12H2,1-4H3. The number of aromatic hydroxyl groups is 1. The summed E-state index contributed by atoms with van der Waals surface area (Å²) in [6.45, 7) is 5.29. The lowest BCUT2D eigenvalue weighted by atomic mass is 10.0. The third-order valence-corrected chi connectivity index (χ3v) is 4.30. The first-order chi connectivity index (χ1) is 12.4.